The largest absolute Gasteiger partial charge is 0.456 e. The molecule has 0 fully saturated rings. The van der Waals surface area contributed by atoms with Gasteiger partial charge in [-0.2, -0.15) is 0 Å². The number of rotatable bonds is 5. The zero-order chi connectivity index (χ0) is 49.6. The van der Waals surface area contributed by atoms with Gasteiger partial charge in [-0.05, 0) is 121 Å². The first-order chi connectivity index (χ1) is 37.7. The lowest BCUT2D eigenvalue weighted by Crippen LogP contribution is -2.26. The fourth-order valence-corrected chi connectivity index (χ4v) is 15.2. The van der Waals surface area contributed by atoms with Crippen LogP contribution in [0.2, 0.25) is 0 Å². The van der Waals surface area contributed by atoms with E-state index in [1.807, 2.05) is 17.4 Å². The maximum Gasteiger partial charge on any atom is 0.164 e. The lowest BCUT2D eigenvalue weighted by atomic mass is 9.68. The SMILES string of the molecule is c1ccc2c(c1)-c1ccccc1C21c2ccccc2-c2cccc(-c3ccc(-c4ccc5oc6cccc(-c7nc(-c8ccc9sc%10ccccc%10c9c8)nc(-c8cccc9sc%10ccccc%10c89)n7)c6c5c4)cc3)c21. The molecule has 0 radical (unpaired) electrons. The van der Waals surface area contributed by atoms with Gasteiger partial charge in [0.05, 0.1) is 5.41 Å². The van der Waals surface area contributed by atoms with Crippen molar-refractivity contribution in [2.45, 2.75) is 5.41 Å². The van der Waals surface area contributed by atoms with E-state index in [1.54, 1.807) is 11.3 Å². The van der Waals surface area contributed by atoms with Gasteiger partial charge in [-0.15, -0.1) is 22.7 Å². The van der Waals surface area contributed by atoms with Crippen molar-refractivity contribution in [1.29, 1.82) is 0 Å². The van der Waals surface area contributed by atoms with Crippen LogP contribution < -0.4 is 0 Å². The highest BCUT2D eigenvalue weighted by Gasteiger charge is 2.52. The molecule has 76 heavy (non-hydrogen) atoms. The van der Waals surface area contributed by atoms with Crippen LogP contribution in [0.25, 0.3) is 141 Å². The average Bonchev–Trinajstić information content (AvgIpc) is 4.46. The third-order valence-electron chi connectivity index (χ3n) is 16.2. The summed E-state index contributed by atoms with van der Waals surface area (Å²) in [7, 11) is 0. The predicted molar refractivity (Wildman–Crippen MR) is 316 cm³/mol. The Bertz CT molecular complexity index is 4900. The van der Waals surface area contributed by atoms with Gasteiger partial charge in [0.25, 0.3) is 0 Å². The molecule has 15 aromatic rings. The first-order valence-electron chi connectivity index (χ1n) is 25.7. The molecule has 4 heterocycles. The highest BCUT2D eigenvalue weighted by molar-refractivity contribution is 7.26. The molecule has 4 aromatic heterocycles. The monoisotopic (exact) mass is 1000 g/mol. The highest BCUT2D eigenvalue weighted by atomic mass is 32.1. The van der Waals surface area contributed by atoms with Gasteiger partial charge < -0.3 is 4.42 Å². The number of hydrogen-bond acceptors (Lipinski definition) is 6. The van der Waals surface area contributed by atoms with Crippen LogP contribution in [0.1, 0.15) is 22.3 Å². The van der Waals surface area contributed by atoms with Gasteiger partial charge >= 0.3 is 0 Å². The Morgan fingerprint density at radius 1 is 0.289 bits per heavy atom. The Kier molecular flexibility index (Phi) is 8.77. The molecular weight excluding hydrogens is 963 g/mol. The molecule has 0 atom stereocenters. The summed E-state index contributed by atoms with van der Waals surface area (Å²) >= 11 is 3.61. The maximum absolute atomic E-state index is 6.68. The molecule has 4 nitrogen and oxygen atoms in total. The quantitative estimate of drug-likeness (QED) is 0.172. The Hall–Kier alpha value is -9.33. The highest BCUT2D eigenvalue weighted by Crippen LogP contribution is 2.64. The molecule has 11 aromatic carbocycles. The van der Waals surface area contributed by atoms with Gasteiger partial charge in [0, 0.05) is 67.8 Å². The van der Waals surface area contributed by atoms with Crippen LogP contribution in [0.4, 0.5) is 0 Å². The zero-order valence-electron chi connectivity index (χ0n) is 40.6. The summed E-state index contributed by atoms with van der Waals surface area (Å²) in [6.07, 6.45) is 0. The van der Waals surface area contributed by atoms with Crippen molar-refractivity contribution < 1.29 is 4.42 Å². The van der Waals surface area contributed by atoms with Gasteiger partial charge in [-0.25, -0.2) is 15.0 Å². The second-order valence-electron chi connectivity index (χ2n) is 20.1. The van der Waals surface area contributed by atoms with E-state index in [4.69, 9.17) is 19.4 Å². The lowest BCUT2D eigenvalue weighted by Gasteiger charge is -2.32. The molecule has 2 aliphatic carbocycles. The third kappa shape index (κ3) is 5.85. The number of hydrogen-bond donors (Lipinski definition) is 0. The first kappa shape index (κ1) is 42.1. The molecule has 17 rings (SSSR count). The van der Waals surface area contributed by atoms with E-state index < -0.39 is 5.41 Å². The molecule has 0 saturated heterocycles. The summed E-state index contributed by atoms with van der Waals surface area (Å²) < 4.78 is 11.6. The number of aromatic nitrogens is 3. The Labute approximate surface area is 444 Å². The molecule has 1 spiro atoms. The van der Waals surface area contributed by atoms with Gasteiger partial charge in [-0.3, -0.25) is 0 Å². The van der Waals surface area contributed by atoms with Crippen LogP contribution in [0.3, 0.4) is 0 Å². The van der Waals surface area contributed by atoms with Gasteiger partial charge in [-0.1, -0.05) is 182 Å². The minimum atomic E-state index is -0.433. The number of thiophene rings is 2. The Morgan fingerprint density at radius 2 is 0.776 bits per heavy atom. The van der Waals surface area contributed by atoms with E-state index in [0.717, 1.165) is 55.1 Å². The fraction of sp³-hybridized carbons (Fsp3) is 0.0143. The number of furan rings is 1. The van der Waals surface area contributed by atoms with Gasteiger partial charge in [0.15, 0.2) is 17.5 Å². The standard InChI is InChI=1S/C70H39N3OS2/c1-6-23-55-45(14-1)46-15-2-7-24-56(46)70(55)57-25-8-3-16-47(57)49-20-11-19-44(66(49)70)41-32-30-40(31-33-41)42-34-36-58-54(38-42)64-51(21-12-26-59(64)74-58)68-71-67(43-35-37-62-53(39-43)48-17-4-9-27-60(48)75-62)72-69(73-68)52-22-13-29-63-65(52)50-18-5-10-28-61(50)76-63/h1-39H. The smallest absolute Gasteiger partial charge is 0.164 e. The topological polar surface area (TPSA) is 51.8 Å². The molecule has 0 amide bonds. The number of benzene rings is 11. The summed E-state index contributed by atoms with van der Waals surface area (Å²) in [6, 6.07) is 86.2. The van der Waals surface area contributed by atoms with Crippen LogP contribution in [-0.2, 0) is 5.41 Å². The number of fused-ring (bicyclic) bond motifs is 19. The van der Waals surface area contributed by atoms with E-state index >= 15 is 0 Å². The zero-order valence-corrected chi connectivity index (χ0v) is 42.2. The van der Waals surface area contributed by atoms with Crippen LogP contribution in [0.15, 0.2) is 241 Å². The van der Waals surface area contributed by atoms with Crippen molar-refractivity contribution in [1.82, 2.24) is 15.0 Å². The molecule has 352 valence electrons. The second-order valence-corrected chi connectivity index (χ2v) is 22.2. The van der Waals surface area contributed by atoms with E-state index in [-0.39, 0.29) is 0 Å². The molecule has 0 N–H and O–H groups in total. The lowest BCUT2D eigenvalue weighted by molar-refractivity contribution is 0.669. The van der Waals surface area contributed by atoms with Crippen molar-refractivity contribution >= 4 is 85.0 Å². The van der Waals surface area contributed by atoms with E-state index in [0.29, 0.717) is 17.5 Å². The normalized spacial score (nSPS) is 13.1. The molecule has 0 unspecified atom stereocenters. The summed E-state index contributed by atoms with van der Waals surface area (Å²) in [5.74, 6) is 1.85. The summed E-state index contributed by atoms with van der Waals surface area (Å²) in [4.78, 5) is 16.2. The van der Waals surface area contributed by atoms with E-state index in [2.05, 4.69) is 231 Å². The van der Waals surface area contributed by atoms with Crippen molar-refractivity contribution in [2.24, 2.45) is 0 Å². The summed E-state index contributed by atoms with van der Waals surface area (Å²) in [5, 5.41) is 6.76. The van der Waals surface area contributed by atoms with E-state index in [1.165, 1.54) is 90.6 Å². The summed E-state index contributed by atoms with van der Waals surface area (Å²) in [6.45, 7) is 0. The average molecular weight is 1000 g/mol. The Morgan fingerprint density at radius 3 is 1.53 bits per heavy atom. The van der Waals surface area contributed by atoms with Gasteiger partial charge in [0.1, 0.15) is 11.2 Å². The molecular formula is C70H39N3OS2. The van der Waals surface area contributed by atoms with Crippen molar-refractivity contribution in [3.8, 4) is 78.7 Å². The Balaban J connectivity index is 0.818. The maximum atomic E-state index is 6.68. The van der Waals surface area contributed by atoms with Gasteiger partial charge in [0.2, 0.25) is 0 Å². The molecule has 0 bridgehead atoms. The van der Waals surface area contributed by atoms with E-state index in [9.17, 15) is 0 Å². The summed E-state index contributed by atoms with van der Waals surface area (Å²) in [5.41, 5.74) is 19.2. The second kappa shape index (κ2) is 15.8. The predicted octanol–water partition coefficient (Wildman–Crippen LogP) is 19.2. The molecule has 0 aliphatic heterocycles. The van der Waals surface area contributed by atoms with Crippen LogP contribution in [0.5, 0.6) is 0 Å². The van der Waals surface area contributed by atoms with Crippen LogP contribution >= 0.6 is 22.7 Å². The third-order valence-corrected chi connectivity index (χ3v) is 18.5. The molecule has 2 aliphatic rings. The fourth-order valence-electron chi connectivity index (χ4n) is 13.0. The minimum absolute atomic E-state index is 0.433. The molecule has 0 saturated carbocycles. The van der Waals surface area contributed by atoms with Crippen LogP contribution in [0, 0.1) is 0 Å². The van der Waals surface area contributed by atoms with Crippen molar-refractivity contribution in [3.63, 3.8) is 0 Å². The van der Waals surface area contributed by atoms with Crippen LogP contribution in [-0.4, -0.2) is 15.0 Å². The molecule has 6 heteroatoms. The van der Waals surface area contributed by atoms with Crippen molar-refractivity contribution in [3.05, 3.63) is 259 Å². The minimum Gasteiger partial charge on any atom is -0.456 e. The van der Waals surface area contributed by atoms with Crippen molar-refractivity contribution in [2.75, 3.05) is 0 Å². The number of nitrogens with zero attached hydrogens (tertiary/aromatic N) is 3. The first-order valence-corrected chi connectivity index (χ1v) is 27.4.